The van der Waals surface area contributed by atoms with Crippen molar-refractivity contribution in [3.8, 4) is 0 Å². The predicted molar refractivity (Wildman–Crippen MR) is 69.0 cm³/mol. The van der Waals surface area contributed by atoms with Gasteiger partial charge in [-0.1, -0.05) is 55.1 Å². The van der Waals surface area contributed by atoms with Gasteiger partial charge in [-0.2, -0.15) is 0 Å². The van der Waals surface area contributed by atoms with E-state index in [0.29, 0.717) is 0 Å². The van der Waals surface area contributed by atoms with E-state index in [1.54, 1.807) is 0 Å². The lowest BCUT2D eigenvalue weighted by Gasteiger charge is -1.99. The Morgan fingerprint density at radius 2 is 1.60 bits per heavy atom. The molecule has 0 unspecified atom stereocenters. The first-order chi connectivity index (χ1) is 7.33. The Balaban J connectivity index is 0.000000337. The molecule has 0 aliphatic carbocycles. The fourth-order valence-corrected chi connectivity index (χ4v) is 1.43. The maximum absolute atomic E-state index is 3.78. The van der Waals surface area contributed by atoms with Crippen LogP contribution in [0.25, 0.3) is 16.8 Å². The fraction of sp³-hybridized carbons (Fsp3) is 0.143. The summed E-state index contributed by atoms with van der Waals surface area (Å²) in [5.41, 5.74) is 1.20. The molecule has 1 heteroatoms. The zero-order chi connectivity index (χ0) is 11.1. The van der Waals surface area contributed by atoms with Crippen LogP contribution in [0.1, 0.15) is 5.56 Å². The van der Waals surface area contributed by atoms with Crippen molar-refractivity contribution in [3.63, 3.8) is 0 Å². The highest BCUT2D eigenvalue weighted by Crippen LogP contribution is 2.18. The topological polar surface area (TPSA) is 12.0 Å². The Kier molecular flexibility index (Phi) is 4.58. The molecule has 0 bridgehead atoms. The summed E-state index contributed by atoms with van der Waals surface area (Å²) in [6.07, 6.45) is 1.89. The molecule has 15 heavy (non-hydrogen) atoms. The van der Waals surface area contributed by atoms with E-state index in [1.807, 2.05) is 20.2 Å². The highest BCUT2D eigenvalue weighted by molar-refractivity contribution is 5.90. The highest BCUT2D eigenvalue weighted by Gasteiger charge is 1.93. The summed E-state index contributed by atoms with van der Waals surface area (Å²) in [6.45, 7) is 3.78. The third-order valence-electron chi connectivity index (χ3n) is 2.04. The quantitative estimate of drug-likeness (QED) is 0.743. The van der Waals surface area contributed by atoms with Crippen LogP contribution in [-0.4, -0.2) is 14.1 Å². The molecule has 2 aromatic rings. The molecule has 0 aliphatic heterocycles. The number of rotatable bonds is 1. The molecular formula is C14H17N. The molecule has 0 saturated heterocycles. The third kappa shape index (κ3) is 2.93. The van der Waals surface area contributed by atoms with Gasteiger partial charge in [-0.15, -0.1) is 0 Å². The van der Waals surface area contributed by atoms with Gasteiger partial charge in [0.25, 0.3) is 0 Å². The molecule has 1 nitrogen and oxygen atoms in total. The second kappa shape index (κ2) is 5.99. The molecule has 1 N–H and O–H groups in total. The first-order valence-corrected chi connectivity index (χ1v) is 5.02. The SMILES string of the molecule is C=Cc1cccc2ccccc12.CNC. The largest absolute Gasteiger partial charge is 0.323 e. The van der Waals surface area contributed by atoms with Gasteiger partial charge in [0, 0.05) is 0 Å². The first-order valence-electron chi connectivity index (χ1n) is 5.02. The number of hydrogen-bond acceptors (Lipinski definition) is 1. The Hall–Kier alpha value is -1.60. The molecule has 2 aromatic carbocycles. The van der Waals surface area contributed by atoms with Crippen LogP contribution in [0.4, 0.5) is 0 Å². The van der Waals surface area contributed by atoms with Gasteiger partial charge in [-0.3, -0.25) is 0 Å². The van der Waals surface area contributed by atoms with E-state index in [9.17, 15) is 0 Å². The van der Waals surface area contributed by atoms with Gasteiger partial charge in [-0.25, -0.2) is 0 Å². The van der Waals surface area contributed by atoms with Crippen molar-refractivity contribution in [3.05, 3.63) is 54.6 Å². The summed E-state index contributed by atoms with van der Waals surface area (Å²) < 4.78 is 0. The van der Waals surface area contributed by atoms with Crippen molar-refractivity contribution >= 4 is 16.8 Å². The van der Waals surface area contributed by atoms with E-state index in [0.717, 1.165) is 0 Å². The van der Waals surface area contributed by atoms with E-state index in [2.05, 4.69) is 54.4 Å². The maximum Gasteiger partial charge on any atom is -0.0112 e. The van der Waals surface area contributed by atoms with Gasteiger partial charge in [0.05, 0.1) is 0 Å². The van der Waals surface area contributed by atoms with Crippen LogP contribution in [-0.2, 0) is 0 Å². The summed E-state index contributed by atoms with van der Waals surface area (Å²) in [5, 5.41) is 5.30. The van der Waals surface area contributed by atoms with E-state index < -0.39 is 0 Å². The van der Waals surface area contributed by atoms with Crippen LogP contribution in [0.2, 0.25) is 0 Å². The Bertz CT molecular complexity index is 427. The molecule has 0 radical (unpaired) electrons. The predicted octanol–water partition coefficient (Wildman–Crippen LogP) is 3.32. The van der Waals surface area contributed by atoms with Crippen molar-refractivity contribution in [1.82, 2.24) is 5.32 Å². The van der Waals surface area contributed by atoms with Crippen LogP contribution >= 0.6 is 0 Å². The van der Waals surface area contributed by atoms with Gasteiger partial charge in [-0.05, 0) is 30.4 Å². The minimum absolute atomic E-state index is 1.20. The van der Waals surface area contributed by atoms with Crippen LogP contribution in [0.5, 0.6) is 0 Å². The van der Waals surface area contributed by atoms with Crippen molar-refractivity contribution < 1.29 is 0 Å². The molecule has 2 rings (SSSR count). The smallest absolute Gasteiger partial charge is 0.0112 e. The lowest BCUT2D eigenvalue weighted by Crippen LogP contribution is -1.89. The van der Waals surface area contributed by atoms with Gasteiger partial charge in [0.1, 0.15) is 0 Å². The summed E-state index contributed by atoms with van der Waals surface area (Å²) in [5.74, 6) is 0. The van der Waals surface area contributed by atoms with Gasteiger partial charge < -0.3 is 5.32 Å². The Labute approximate surface area is 91.4 Å². The lowest BCUT2D eigenvalue weighted by atomic mass is 10.1. The summed E-state index contributed by atoms with van der Waals surface area (Å²) in [7, 11) is 3.75. The van der Waals surface area contributed by atoms with Crippen molar-refractivity contribution in [1.29, 1.82) is 0 Å². The van der Waals surface area contributed by atoms with Crippen molar-refractivity contribution in [2.24, 2.45) is 0 Å². The molecule has 0 aromatic heterocycles. The van der Waals surface area contributed by atoms with Crippen LogP contribution in [0, 0.1) is 0 Å². The summed E-state index contributed by atoms with van der Waals surface area (Å²) in [6, 6.07) is 14.6. The maximum atomic E-state index is 3.78. The van der Waals surface area contributed by atoms with Crippen LogP contribution in [0.3, 0.4) is 0 Å². The highest BCUT2D eigenvalue weighted by atomic mass is 14.7. The minimum atomic E-state index is 1.20. The van der Waals surface area contributed by atoms with Gasteiger partial charge in [0.2, 0.25) is 0 Å². The molecule has 0 saturated carbocycles. The molecule has 0 heterocycles. The summed E-state index contributed by atoms with van der Waals surface area (Å²) >= 11 is 0. The summed E-state index contributed by atoms with van der Waals surface area (Å²) in [4.78, 5) is 0. The minimum Gasteiger partial charge on any atom is -0.323 e. The number of hydrogen-bond donors (Lipinski definition) is 1. The van der Waals surface area contributed by atoms with Crippen LogP contribution in [0.15, 0.2) is 49.0 Å². The van der Waals surface area contributed by atoms with E-state index in [-0.39, 0.29) is 0 Å². The number of benzene rings is 2. The second-order valence-corrected chi connectivity index (χ2v) is 3.27. The standard InChI is InChI=1S/C12H10.C2H7N/c1-2-10-7-5-8-11-6-3-4-9-12(10)11;1-3-2/h2-9H,1H2;3H,1-2H3. The number of nitrogens with one attached hydrogen (secondary N) is 1. The van der Waals surface area contributed by atoms with E-state index in [4.69, 9.17) is 0 Å². The van der Waals surface area contributed by atoms with Crippen molar-refractivity contribution in [2.75, 3.05) is 14.1 Å². The first kappa shape index (κ1) is 11.5. The molecular weight excluding hydrogens is 182 g/mol. The molecule has 0 aliphatic rings. The van der Waals surface area contributed by atoms with E-state index in [1.165, 1.54) is 16.3 Å². The Morgan fingerprint density at radius 3 is 2.27 bits per heavy atom. The molecule has 0 amide bonds. The fourth-order valence-electron chi connectivity index (χ4n) is 1.43. The molecule has 0 atom stereocenters. The zero-order valence-electron chi connectivity index (χ0n) is 9.33. The third-order valence-corrected chi connectivity index (χ3v) is 2.04. The molecule has 0 fully saturated rings. The van der Waals surface area contributed by atoms with Gasteiger partial charge in [0.15, 0.2) is 0 Å². The average Bonchev–Trinajstić information content (AvgIpc) is 2.29. The molecule has 78 valence electrons. The number of fused-ring (bicyclic) bond motifs is 1. The van der Waals surface area contributed by atoms with Gasteiger partial charge >= 0.3 is 0 Å². The monoisotopic (exact) mass is 199 g/mol. The second-order valence-electron chi connectivity index (χ2n) is 3.27. The molecule has 0 spiro atoms. The van der Waals surface area contributed by atoms with E-state index >= 15 is 0 Å². The Morgan fingerprint density at radius 1 is 1.00 bits per heavy atom. The normalized spacial score (nSPS) is 9.20. The lowest BCUT2D eigenvalue weighted by molar-refractivity contribution is 1.02. The van der Waals surface area contributed by atoms with Crippen molar-refractivity contribution in [2.45, 2.75) is 0 Å². The van der Waals surface area contributed by atoms with Crippen LogP contribution < -0.4 is 5.32 Å². The average molecular weight is 199 g/mol. The zero-order valence-corrected chi connectivity index (χ0v) is 9.33.